The number of amides is 1. The zero-order valence-corrected chi connectivity index (χ0v) is 20.5. The second kappa shape index (κ2) is 9.59. The van der Waals surface area contributed by atoms with Crippen LogP contribution in [0.1, 0.15) is 20.3 Å². The van der Waals surface area contributed by atoms with Gasteiger partial charge in [-0.2, -0.15) is 4.31 Å². The van der Waals surface area contributed by atoms with E-state index in [0.29, 0.717) is 0 Å². The summed E-state index contributed by atoms with van der Waals surface area (Å²) in [5.74, 6) is -0.791. The molecular weight excluding hydrogens is 490 g/mol. The van der Waals surface area contributed by atoms with Gasteiger partial charge in [-0.1, -0.05) is 0 Å². The predicted molar refractivity (Wildman–Crippen MR) is 121 cm³/mol. The Labute approximate surface area is 197 Å². The topological polar surface area (TPSA) is 110 Å². The average molecular weight is 517 g/mol. The van der Waals surface area contributed by atoms with E-state index in [1.165, 1.54) is 62.4 Å². The number of halogens is 2. The van der Waals surface area contributed by atoms with E-state index in [2.05, 4.69) is 5.32 Å². The number of ether oxygens (including phenoxy) is 1. The SMILES string of the molecule is CC(C)(Oc1ccc(F)cc1)C(=O)N[C@@H]1CCN(S(=O)(=O)c2ccc(S(C)(=O)=O)cc2)C[C@H]1F. The van der Waals surface area contributed by atoms with Crippen LogP contribution in [-0.4, -0.2) is 64.2 Å². The van der Waals surface area contributed by atoms with Crippen LogP contribution < -0.4 is 10.1 Å². The minimum atomic E-state index is -4.05. The molecule has 3 rings (SSSR count). The summed E-state index contributed by atoms with van der Waals surface area (Å²) in [6.07, 6.45) is -0.639. The third kappa shape index (κ3) is 5.91. The molecule has 8 nitrogen and oxygen atoms in total. The molecule has 2 aromatic rings. The van der Waals surface area contributed by atoms with Crippen LogP contribution in [-0.2, 0) is 24.7 Å². The van der Waals surface area contributed by atoms with Crippen molar-refractivity contribution < 1.29 is 35.1 Å². The van der Waals surface area contributed by atoms with E-state index < -0.39 is 55.9 Å². The van der Waals surface area contributed by atoms with Gasteiger partial charge in [-0.15, -0.1) is 0 Å². The number of benzene rings is 2. The third-order valence-electron chi connectivity index (χ3n) is 5.44. The Bertz CT molecular complexity index is 1250. The number of nitrogens with one attached hydrogen (secondary N) is 1. The Hall–Kier alpha value is -2.57. The van der Waals surface area contributed by atoms with E-state index in [0.717, 1.165) is 10.6 Å². The van der Waals surface area contributed by atoms with Crippen molar-refractivity contribution in [1.29, 1.82) is 0 Å². The maximum absolute atomic E-state index is 14.9. The van der Waals surface area contributed by atoms with Gasteiger partial charge in [-0.3, -0.25) is 4.79 Å². The smallest absolute Gasteiger partial charge is 0.263 e. The molecule has 0 radical (unpaired) electrons. The molecule has 1 heterocycles. The molecule has 1 aliphatic heterocycles. The molecule has 0 saturated carbocycles. The van der Waals surface area contributed by atoms with Gasteiger partial charge in [0.15, 0.2) is 15.4 Å². The quantitative estimate of drug-likeness (QED) is 0.605. The highest BCUT2D eigenvalue weighted by molar-refractivity contribution is 7.90. The summed E-state index contributed by atoms with van der Waals surface area (Å²) >= 11 is 0. The van der Waals surface area contributed by atoms with Crippen molar-refractivity contribution in [3.05, 3.63) is 54.3 Å². The summed E-state index contributed by atoms with van der Waals surface area (Å²) in [5, 5.41) is 2.58. The molecule has 1 N–H and O–H groups in total. The van der Waals surface area contributed by atoms with Crippen LogP contribution in [0.2, 0.25) is 0 Å². The van der Waals surface area contributed by atoms with Crippen molar-refractivity contribution in [2.45, 2.75) is 47.9 Å². The number of carbonyl (C=O) groups excluding carboxylic acids is 1. The van der Waals surface area contributed by atoms with Crippen molar-refractivity contribution in [3.63, 3.8) is 0 Å². The molecule has 1 saturated heterocycles. The van der Waals surface area contributed by atoms with Gasteiger partial charge in [0.25, 0.3) is 5.91 Å². The number of sulfone groups is 1. The maximum Gasteiger partial charge on any atom is 0.263 e. The molecule has 2 atom stereocenters. The molecular formula is C22H26F2N2O6S2. The first-order valence-electron chi connectivity index (χ1n) is 10.4. The van der Waals surface area contributed by atoms with E-state index in [-0.39, 0.29) is 28.5 Å². The fourth-order valence-electron chi connectivity index (χ4n) is 3.45. The summed E-state index contributed by atoms with van der Waals surface area (Å²) in [7, 11) is -7.54. The molecule has 186 valence electrons. The molecule has 0 aromatic heterocycles. The van der Waals surface area contributed by atoms with Crippen LogP contribution in [0.4, 0.5) is 8.78 Å². The molecule has 0 aliphatic carbocycles. The highest BCUT2D eigenvalue weighted by Gasteiger charge is 2.39. The fraction of sp³-hybridized carbons (Fsp3) is 0.409. The Balaban J connectivity index is 1.64. The number of piperidine rings is 1. The molecule has 2 aromatic carbocycles. The first kappa shape index (κ1) is 26.0. The van der Waals surface area contributed by atoms with Gasteiger partial charge in [-0.25, -0.2) is 25.6 Å². The summed E-state index contributed by atoms with van der Waals surface area (Å²) in [5.41, 5.74) is -1.39. The molecule has 1 aliphatic rings. The maximum atomic E-state index is 14.9. The second-order valence-corrected chi connectivity index (χ2v) is 12.5. The van der Waals surface area contributed by atoms with Crippen molar-refractivity contribution in [3.8, 4) is 5.75 Å². The molecule has 0 unspecified atom stereocenters. The lowest BCUT2D eigenvalue weighted by molar-refractivity contribution is -0.135. The van der Waals surface area contributed by atoms with Crippen LogP contribution in [0.5, 0.6) is 5.75 Å². The van der Waals surface area contributed by atoms with Crippen molar-refractivity contribution in [1.82, 2.24) is 9.62 Å². The van der Waals surface area contributed by atoms with Crippen LogP contribution >= 0.6 is 0 Å². The molecule has 1 amide bonds. The average Bonchev–Trinajstić information content (AvgIpc) is 2.76. The Morgan fingerprint density at radius 1 is 1.03 bits per heavy atom. The van der Waals surface area contributed by atoms with Gasteiger partial charge in [0.05, 0.1) is 15.8 Å². The van der Waals surface area contributed by atoms with E-state index in [1.54, 1.807) is 0 Å². The fourth-order valence-corrected chi connectivity index (χ4v) is 5.54. The first-order chi connectivity index (χ1) is 15.7. The Kier molecular flexibility index (Phi) is 7.34. The molecule has 12 heteroatoms. The Morgan fingerprint density at radius 3 is 2.12 bits per heavy atom. The number of carbonyl (C=O) groups is 1. The van der Waals surface area contributed by atoms with E-state index in [1.807, 2.05) is 0 Å². The molecule has 1 fully saturated rings. The number of nitrogens with zero attached hydrogens (tertiary/aromatic N) is 1. The third-order valence-corrected chi connectivity index (χ3v) is 8.45. The van der Waals surface area contributed by atoms with Gasteiger partial charge in [-0.05, 0) is 68.8 Å². The number of alkyl halides is 1. The largest absolute Gasteiger partial charge is 0.478 e. The first-order valence-corrected chi connectivity index (χ1v) is 13.7. The lowest BCUT2D eigenvalue weighted by Gasteiger charge is -2.36. The van der Waals surface area contributed by atoms with Gasteiger partial charge in [0.1, 0.15) is 17.7 Å². The number of sulfonamides is 1. The zero-order valence-electron chi connectivity index (χ0n) is 18.9. The minimum Gasteiger partial charge on any atom is -0.478 e. The summed E-state index contributed by atoms with van der Waals surface area (Å²) in [4.78, 5) is 12.5. The van der Waals surface area contributed by atoms with Crippen LogP contribution in [0.3, 0.4) is 0 Å². The molecule has 0 spiro atoms. The monoisotopic (exact) mass is 516 g/mol. The standard InChI is InChI=1S/C22H26F2N2O6S2/c1-22(2,32-16-6-4-15(23)5-7-16)21(27)25-20-12-13-26(14-19(20)24)34(30,31)18-10-8-17(9-11-18)33(3,28)29/h4-11,19-20H,12-14H2,1-3H3,(H,25,27)/t19-,20-/m1/s1. The van der Waals surface area contributed by atoms with Crippen LogP contribution in [0.15, 0.2) is 58.3 Å². The van der Waals surface area contributed by atoms with Gasteiger partial charge >= 0.3 is 0 Å². The molecule has 34 heavy (non-hydrogen) atoms. The van der Waals surface area contributed by atoms with Crippen molar-refractivity contribution >= 4 is 25.8 Å². The predicted octanol–water partition coefficient (Wildman–Crippen LogP) is 2.30. The van der Waals surface area contributed by atoms with Crippen LogP contribution in [0.25, 0.3) is 0 Å². The van der Waals surface area contributed by atoms with Gasteiger partial charge in [0, 0.05) is 19.3 Å². The van der Waals surface area contributed by atoms with E-state index in [4.69, 9.17) is 4.74 Å². The summed E-state index contributed by atoms with van der Waals surface area (Å²) in [6, 6.07) is 8.89. The lowest BCUT2D eigenvalue weighted by atomic mass is 10.0. The highest BCUT2D eigenvalue weighted by Crippen LogP contribution is 2.25. The number of hydrogen-bond donors (Lipinski definition) is 1. The highest BCUT2D eigenvalue weighted by atomic mass is 32.2. The normalized spacial score (nSPS) is 20.0. The van der Waals surface area contributed by atoms with E-state index in [9.17, 15) is 30.4 Å². The van der Waals surface area contributed by atoms with Crippen molar-refractivity contribution in [2.75, 3.05) is 19.3 Å². The number of rotatable bonds is 7. The minimum absolute atomic E-state index is 0.0262. The summed E-state index contributed by atoms with van der Waals surface area (Å²) in [6.45, 7) is 2.46. The van der Waals surface area contributed by atoms with Gasteiger partial charge in [0.2, 0.25) is 10.0 Å². The van der Waals surface area contributed by atoms with Crippen molar-refractivity contribution in [2.24, 2.45) is 0 Å². The Morgan fingerprint density at radius 2 is 1.59 bits per heavy atom. The second-order valence-electron chi connectivity index (χ2n) is 8.56. The number of hydrogen-bond acceptors (Lipinski definition) is 6. The van der Waals surface area contributed by atoms with E-state index >= 15 is 0 Å². The zero-order chi connectivity index (χ0) is 25.3. The van der Waals surface area contributed by atoms with Gasteiger partial charge < -0.3 is 10.1 Å². The summed E-state index contributed by atoms with van der Waals surface area (Å²) < 4.78 is 83.5. The molecule has 0 bridgehead atoms. The lowest BCUT2D eigenvalue weighted by Crippen LogP contribution is -2.57. The van der Waals surface area contributed by atoms with Crippen LogP contribution in [0, 0.1) is 5.82 Å².